The summed E-state index contributed by atoms with van der Waals surface area (Å²) in [5.41, 5.74) is 0. The Morgan fingerprint density at radius 1 is 0.565 bits per heavy atom. The predicted octanol–water partition coefficient (Wildman–Crippen LogP) is 4.84. The molecular weight excluding hydrogens is 339 g/mol. The van der Waals surface area contributed by atoms with Crippen LogP contribution in [-0.4, -0.2) is 36.9 Å². The summed E-state index contributed by atoms with van der Waals surface area (Å²) in [7, 11) is 0. The van der Waals surface area contributed by atoms with E-state index >= 15 is 0 Å². The van der Waals surface area contributed by atoms with E-state index in [2.05, 4.69) is 0 Å². The van der Waals surface area contributed by atoms with Crippen LogP contribution in [0.25, 0.3) is 0 Å². The summed E-state index contributed by atoms with van der Waals surface area (Å²) in [5.74, 6) is 0.929. The van der Waals surface area contributed by atoms with E-state index in [4.69, 9.17) is 32.7 Å². The second kappa shape index (κ2) is 17.9. The highest BCUT2D eigenvalue weighted by molar-refractivity contribution is 6.18. The van der Waals surface area contributed by atoms with E-state index in [0.29, 0.717) is 37.8 Å². The smallest absolute Gasteiger partial charge is 0.305 e. The molecule has 6 heteroatoms. The van der Waals surface area contributed by atoms with Gasteiger partial charge in [-0.2, -0.15) is 0 Å². The molecule has 0 saturated heterocycles. The Balaban J connectivity index is 3.21. The minimum atomic E-state index is -0.129. The van der Waals surface area contributed by atoms with Crippen LogP contribution in [0.4, 0.5) is 0 Å². The lowest BCUT2D eigenvalue weighted by Gasteiger charge is -2.06. The fourth-order valence-electron chi connectivity index (χ4n) is 1.98. The zero-order chi connectivity index (χ0) is 17.2. The Morgan fingerprint density at radius 3 is 1.35 bits per heavy atom. The van der Waals surface area contributed by atoms with Gasteiger partial charge >= 0.3 is 11.9 Å². The molecule has 0 saturated carbocycles. The highest BCUT2D eigenvalue weighted by Gasteiger charge is 2.03. The summed E-state index contributed by atoms with van der Waals surface area (Å²) in [6, 6.07) is 0. The molecule has 0 atom stereocenters. The minimum absolute atomic E-state index is 0.129. The Kier molecular flexibility index (Phi) is 17.5. The summed E-state index contributed by atoms with van der Waals surface area (Å²) >= 11 is 11.1. The molecule has 0 N–H and O–H groups in total. The standard InChI is InChI=1S/C17H30Cl2O4/c18-12-6-4-10-16(20)22-14-8-2-1-3-9-15-23-17(21)11-5-7-13-19/h1-15H2. The lowest BCUT2D eigenvalue weighted by molar-refractivity contribution is -0.144. The third-order valence-electron chi connectivity index (χ3n) is 3.34. The number of halogens is 2. The van der Waals surface area contributed by atoms with Crippen molar-refractivity contribution >= 4 is 35.1 Å². The van der Waals surface area contributed by atoms with Crippen LogP contribution >= 0.6 is 23.2 Å². The van der Waals surface area contributed by atoms with E-state index in [1.807, 2.05) is 0 Å². The maximum absolute atomic E-state index is 11.3. The van der Waals surface area contributed by atoms with Crippen LogP contribution < -0.4 is 0 Å². The van der Waals surface area contributed by atoms with Crippen molar-refractivity contribution in [2.75, 3.05) is 25.0 Å². The molecule has 0 aliphatic carbocycles. The monoisotopic (exact) mass is 368 g/mol. The minimum Gasteiger partial charge on any atom is -0.466 e. The molecule has 0 aromatic rings. The van der Waals surface area contributed by atoms with Gasteiger partial charge in [0.25, 0.3) is 0 Å². The van der Waals surface area contributed by atoms with Gasteiger partial charge in [0, 0.05) is 24.6 Å². The number of carbonyl (C=O) groups excluding carboxylic acids is 2. The molecule has 0 rings (SSSR count). The Bertz CT molecular complexity index is 270. The van der Waals surface area contributed by atoms with E-state index in [-0.39, 0.29) is 11.9 Å². The van der Waals surface area contributed by atoms with Crippen molar-refractivity contribution in [3.05, 3.63) is 0 Å². The van der Waals surface area contributed by atoms with Gasteiger partial charge in [0.1, 0.15) is 0 Å². The normalized spacial score (nSPS) is 10.5. The van der Waals surface area contributed by atoms with Crippen LogP contribution in [0.15, 0.2) is 0 Å². The Hall–Kier alpha value is -0.480. The number of esters is 2. The van der Waals surface area contributed by atoms with Crippen LogP contribution in [0.3, 0.4) is 0 Å². The van der Waals surface area contributed by atoms with Gasteiger partial charge in [-0.15, -0.1) is 23.2 Å². The van der Waals surface area contributed by atoms with Gasteiger partial charge in [0.05, 0.1) is 13.2 Å². The Labute approximate surface area is 150 Å². The fourth-order valence-corrected chi connectivity index (χ4v) is 2.36. The third kappa shape index (κ3) is 17.7. The topological polar surface area (TPSA) is 52.6 Å². The molecule has 0 unspecified atom stereocenters. The second-order valence-electron chi connectivity index (χ2n) is 5.50. The summed E-state index contributed by atoms with van der Waals surface area (Å²) in [6.45, 7) is 0.991. The molecule has 136 valence electrons. The van der Waals surface area contributed by atoms with Crippen LogP contribution in [-0.2, 0) is 19.1 Å². The molecule has 0 heterocycles. The fraction of sp³-hybridized carbons (Fsp3) is 0.882. The number of rotatable bonds is 16. The summed E-state index contributed by atoms with van der Waals surface area (Å²) in [4.78, 5) is 22.7. The highest BCUT2D eigenvalue weighted by Crippen LogP contribution is 2.06. The summed E-state index contributed by atoms with van der Waals surface area (Å²) in [6.07, 6.45) is 9.12. The van der Waals surface area contributed by atoms with Gasteiger partial charge in [0.15, 0.2) is 0 Å². The van der Waals surface area contributed by atoms with Crippen LogP contribution in [0.5, 0.6) is 0 Å². The second-order valence-corrected chi connectivity index (χ2v) is 6.26. The first-order valence-corrected chi connectivity index (χ1v) is 9.70. The first-order chi connectivity index (χ1) is 11.2. The number of carbonyl (C=O) groups is 2. The zero-order valence-corrected chi connectivity index (χ0v) is 15.5. The van der Waals surface area contributed by atoms with E-state index in [9.17, 15) is 9.59 Å². The Morgan fingerprint density at radius 2 is 0.957 bits per heavy atom. The van der Waals surface area contributed by atoms with E-state index in [1.165, 1.54) is 0 Å². The van der Waals surface area contributed by atoms with E-state index in [1.54, 1.807) is 0 Å². The molecule has 0 radical (unpaired) electrons. The van der Waals surface area contributed by atoms with Crippen LogP contribution in [0.1, 0.15) is 70.6 Å². The van der Waals surface area contributed by atoms with Gasteiger partial charge in [0.2, 0.25) is 0 Å². The first kappa shape index (κ1) is 22.5. The molecule has 0 aromatic carbocycles. The number of unbranched alkanes of at least 4 members (excludes halogenated alkanes) is 6. The maximum atomic E-state index is 11.3. The van der Waals surface area contributed by atoms with Crippen LogP contribution in [0, 0.1) is 0 Å². The third-order valence-corrected chi connectivity index (χ3v) is 3.88. The molecule has 0 fully saturated rings. The van der Waals surface area contributed by atoms with Crippen molar-refractivity contribution in [1.29, 1.82) is 0 Å². The predicted molar refractivity (Wildman–Crippen MR) is 94.1 cm³/mol. The molecule has 0 spiro atoms. The SMILES string of the molecule is O=C(CCCCCl)OCCCCCCCOC(=O)CCCCCl. The van der Waals surface area contributed by atoms with Crippen molar-refractivity contribution < 1.29 is 19.1 Å². The molecule has 0 aromatic heterocycles. The lowest BCUT2D eigenvalue weighted by Crippen LogP contribution is -2.06. The van der Waals surface area contributed by atoms with Crippen molar-refractivity contribution in [1.82, 2.24) is 0 Å². The van der Waals surface area contributed by atoms with Crippen molar-refractivity contribution in [2.24, 2.45) is 0 Å². The average molecular weight is 369 g/mol. The van der Waals surface area contributed by atoms with Gasteiger partial charge in [-0.1, -0.05) is 19.3 Å². The lowest BCUT2D eigenvalue weighted by atomic mass is 10.1. The molecule has 0 aliphatic rings. The number of alkyl halides is 2. The molecule has 0 bridgehead atoms. The van der Waals surface area contributed by atoms with E-state index < -0.39 is 0 Å². The van der Waals surface area contributed by atoms with Gasteiger partial charge < -0.3 is 9.47 Å². The van der Waals surface area contributed by atoms with Crippen molar-refractivity contribution in [3.63, 3.8) is 0 Å². The first-order valence-electron chi connectivity index (χ1n) is 8.64. The molecule has 0 aliphatic heterocycles. The van der Waals surface area contributed by atoms with Gasteiger partial charge in [-0.05, 0) is 38.5 Å². The van der Waals surface area contributed by atoms with Gasteiger partial charge in [-0.3, -0.25) is 9.59 Å². The zero-order valence-electron chi connectivity index (χ0n) is 14.0. The molecule has 4 nitrogen and oxygen atoms in total. The summed E-state index contributed by atoms with van der Waals surface area (Å²) < 4.78 is 10.3. The number of hydrogen-bond donors (Lipinski definition) is 0. The molecule has 23 heavy (non-hydrogen) atoms. The van der Waals surface area contributed by atoms with Crippen molar-refractivity contribution in [3.8, 4) is 0 Å². The van der Waals surface area contributed by atoms with Gasteiger partial charge in [-0.25, -0.2) is 0 Å². The highest BCUT2D eigenvalue weighted by atomic mass is 35.5. The summed E-state index contributed by atoms with van der Waals surface area (Å²) in [5, 5.41) is 0. The quantitative estimate of drug-likeness (QED) is 0.222. The number of hydrogen-bond acceptors (Lipinski definition) is 4. The van der Waals surface area contributed by atoms with Crippen molar-refractivity contribution in [2.45, 2.75) is 70.6 Å². The largest absolute Gasteiger partial charge is 0.466 e. The number of ether oxygens (including phenoxy) is 2. The molecular formula is C17H30Cl2O4. The maximum Gasteiger partial charge on any atom is 0.305 e. The molecule has 0 amide bonds. The van der Waals surface area contributed by atoms with Crippen LogP contribution in [0.2, 0.25) is 0 Å². The van der Waals surface area contributed by atoms with E-state index in [0.717, 1.165) is 57.8 Å². The average Bonchev–Trinajstić information content (AvgIpc) is 2.53.